The molecule has 0 aliphatic rings. The number of hydrogen-bond donors (Lipinski definition) is 2. The summed E-state index contributed by atoms with van der Waals surface area (Å²) in [5.41, 5.74) is 3.30. The molecule has 0 aliphatic carbocycles. The molecular formula is C21H23BrFN3O4. The van der Waals surface area contributed by atoms with Crippen molar-refractivity contribution in [2.24, 2.45) is 11.0 Å². The molecule has 2 aromatic carbocycles. The Morgan fingerprint density at radius 1 is 1.10 bits per heavy atom. The Bertz CT molecular complexity index is 933. The second-order valence-electron chi connectivity index (χ2n) is 6.67. The van der Waals surface area contributed by atoms with E-state index in [1.807, 2.05) is 0 Å². The van der Waals surface area contributed by atoms with Gasteiger partial charge in [-0.05, 0) is 52.2 Å². The van der Waals surface area contributed by atoms with E-state index in [0.717, 1.165) is 0 Å². The van der Waals surface area contributed by atoms with Crippen molar-refractivity contribution in [2.45, 2.75) is 19.9 Å². The van der Waals surface area contributed by atoms with Gasteiger partial charge in [-0.1, -0.05) is 13.8 Å². The summed E-state index contributed by atoms with van der Waals surface area (Å²) in [6.07, 6.45) is 1.43. The molecule has 0 saturated heterocycles. The molecule has 0 heterocycles. The number of nitrogens with zero attached hydrogens (tertiary/aromatic N) is 1. The Morgan fingerprint density at radius 2 is 1.73 bits per heavy atom. The number of hydrazone groups is 1. The van der Waals surface area contributed by atoms with Gasteiger partial charge < -0.3 is 14.8 Å². The topological polar surface area (TPSA) is 89.0 Å². The Kier molecular flexibility index (Phi) is 8.35. The Balaban J connectivity index is 2.09. The summed E-state index contributed by atoms with van der Waals surface area (Å²) in [5, 5.41) is 6.63. The zero-order valence-corrected chi connectivity index (χ0v) is 18.6. The number of amides is 2. The fourth-order valence-corrected chi connectivity index (χ4v) is 3.10. The van der Waals surface area contributed by atoms with Crippen LogP contribution in [0, 0.1) is 11.7 Å². The third-order valence-electron chi connectivity index (χ3n) is 4.22. The Labute approximate surface area is 182 Å². The zero-order valence-electron chi connectivity index (χ0n) is 17.0. The van der Waals surface area contributed by atoms with Crippen LogP contribution in [0.1, 0.15) is 29.8 Å². The standard InChI is InChI=1S/C21H23BrFN3O4/c1-12(2)19(25-20(27)13-5-7-15(23)8-6-13)21(28)26-24-11-14-9-16(22)18(30-4)10-17(14)29-3/h5-12,19H,1-4H3,(H,25,27)(H,26,28)/b24-11+. The van der Waals surface area contributed by atoms with Crippen LogP contribution in [-0.4, -0.2) is 38.3 Å². The van der Waals surface area contributed by atoms with Gasteiger partial charge >= 0.3 is 0 Å². The van der Waals surface area contributed by atoms with E-state index < -0.39 is 23.7 Å². The lowest BCUT2D eigenvalue weighted by Gasteiger charge is -2.20. The van der Waals surface area contributed by atoms with Crippen LogP contribution in [-0.2, 0) is 4.79 Å². The second kappa shape index (κ2) is 10.7. The van der Waals surface area contributed by atoms with Gasteiger partial charge in [-0.15, -0.1) is 0 Å². The first-order valence-electron chi connectivity index (χ1n) is 9.07. The molecule has 0 bridgehead atoms. The number of ether oxygens (including phenoxy) is 2. The minimum absolute atomic E-state index is 0.200. The lowest BCUT2D eigenvalue weighted by Crippen LogP contribution is -2.48. The van der Waals surface area contributed by atoms with Crippen molar-refractivity contribution >= 4 is 34.0 Å². The number of rotatable bonds is 8. The van der Waals surface area contributed by atoms with Gasteiger partial charge in [0.2, 0.25) is 0 Å². The van der Waals surface area contributed by atoms with E-state index in [1.54, 1.807) is 33.1 Å². The van der Waals surface area contributed by atoms with Gasteiger partial charge in [-0.3, -0.25) is 9.59 Å². The average molecular weight is 480 g/mol. The fourth-order valence-electron chi connectivity index (χ4n) is 2.58. The smallest absolute Gasteiger partial charge is 0.262 e. The maximum absolute atomic E-state index is 13.0. The van der Waals surface area contributed by atoms with Crippen molar-refractivity contribution in [3.05, 3.63) is 57.8 Å². The number of methoxy groups -OCH3 is 2. The Hall–Kier alpha value is -2.94. The van der Waals surface area contributed by atoms with Crippen molar-refractivity contribution in [3.63, 3.8) is 0 Å². The summed E-state index contributed by atoms with van der Waals surface area (Å²) in [6.45, 7) is 3.59. The molecule has 2 aromatic rings. The predicted octanol–water partition coefficient (Wildman–Crippen LogP) is 3.51. The van der Waals surface area contributed by atoms with E-state index in [9.17, 15) is 14.0 Å². The van der Waals surface area contributed by atoms with E-state index in [4.69, 9.17) is 9.47 Å². The lowest BCUT2D eigenvalue weighted by molar-refractivity contribution is -0.123. The number of carbonyl (C=O) groups is 2. The SMILES string of the molecule is COc1cc(OC)c(/C=N/NC(=O)C(NC(=O)c2ccc(F)cc2)C(C)C)cc1Br. The van der Waals surface area contributed by atoms with Crippen LogP contribution in [0.4, 0.5) is 4.39 Å². The first-order chi connectivity index (χ1) is 14.3. The maximum Gasteiger partial charge on any atom is 0.262 e. The van der Waals surface area contributed by atoms with Crippen LogP contribution in [0.25, 0.3) is 0 Å². The highest BCUT2D eigenvalue weighted by atomic mass is 79.9. The summed E-state index contributed by atoms with van der Waals surface area (Å²) in [4.78, 5) is 24.9. The third-order valence-corrected chi connectivity index (χ3v) is 4.84. The molecule has 0 fully saturated rings. The van der Waals surface area contributed by atoms with Gasteiger partial charge in [0.05, 0.1) is 24.9 Å². The average Bonchev–Trinajstić information content (AvgIpc) is 2.72. The maximum atomic E-state index is 13.0. The van der Waals surface area contributed by atoms with E-state index in [2.05, 4.69) is 31.8 Å². The van der Waals surface area contributed by atoms with E-state index in [0.29, 0.717) is 21.5 Å². The minimum Gasteiger partial charge on any atom is -0.496 e. The highest BCUT2D eigenvalue weighted by Crippen LogP contribution is 2.31. The van der Waals surface area contributed by atoms with Crippen LogP contribution >= 0.6 is 15.9 Å². The van der Waals surface area contributed by atoms with Crippen LogP contribution in [0.15, 0.2) is 46.0 Å². The van der Waals surface area contributed by atoms with E-state index >= 15 is 0 Å². The molecule has 30 heavy (non-hydrogen) atoms. The largest absolute Gasteiger partial charge is 0.496 e. The van der Waals surface area contributed by atoms with Crippen LogP contribution in [0.3, 0.4) is 0 Å². The van der Waals surface area contributed by atoms with Crippen LogP contribution < -0.4 is 20.2 Å². The zero-order chi connectivity index (χ0) is 22.3. The molecule has 0 radical (unpaired) electrons. The van der Waals surface area contributed by atoms with Crippen molar-refractivity contribution < 1.29 is 23.5 Å². The molecule has 0 aliphatic heterocycles. The summed E-state index contributed by atoms with van der Waals surface area (Å²) < 4.78 is 24.3. The highest BCUT2D eigenvalue weighted by Gasteiger charge is 2.24. The number of nitrogens with one attached hydrogen (secondary N) is 2. The first-order valence-corrected chi connectivity index (χ1v) is 9.87. The molecular weight excluding hydrogens is 457 g/mol. The third kappa shape index (κ3) is 6.03. The molecule has 2 rings (SSSR count). The summed E-state index contributed by atoms with van der Waals surface area (Å²) in [5.74, 6) is -0.500. The van der Waals surface area contributed by atoms with Gasteiger partial charge in [0, 0.05) is 17.2 Å². The summed E-state index contributed by atoms with van der Waals surface area (Å²) in [6, 6.07) is 7.67. The van der Waals surface area contributed by atoms with Gasteiger partial charge in [-0.2, -0.15) is 5.10 Å². The number of hydrogen-bond acceptors (Lipinski definition) is 5. The molecule has 2 amide bonds. The summed E-state index contributed by atoms with van der Waals surface area (Å²) in [7, 11) is 3.05. The molecule has 7 nitrogen and oxygen atoms in total. The van der Waals surface area contributed by atoms with Crippen molar-refractivity contribution in [2.75, 3.05) is 14.2 Å². The van der Waals surface area contributed by atoms with Gasteiger partial charge in [0.15, 0.2) is 0 Å². The minimum atomic E-state index is -0.829. The van der Waals surface area contributed by atoms with Gasteiger partial charge in [-0.25, -0.2) is 9.82 Å². The van der Waals surface area contributed by atoms with E-state index in [1.165, 1.54) is 37.6 Å². The van der Waals surface area contributed by atoms with Crippen molar-refractivity contribution in [3.8, 4) is 11.5 Å². The second-order valence-corrected chi connectivity index (χ2v) is 7.52. The number of halogens is 2. The number of carbonyl (C=O) groups excluding carboxylic acids is 2. The van der Waals surface area contributed by atoms with Crippen LogP contribution in [0.5, 0.6) is 11.5 Å². The van der Waals surface area contributed by atoms with Crippen molar-refractivity contribution in [1.82, 2.24) is 10.7 Å². The van der Waals surface area contributed by atoms with Crippen LogP contribution in [0.2, 0.25) is 0 Å². The predicted molar refractivity (Wildman–Crippen MR) is 115 cm³/mol. The molecule has 0 saturated carbocycles. The molecule has 160 valence electrons. The van der Waals surface area contributed by atoms with Crippen molar-refractivity contribution in [1.29, 1.82) is 0 Å². The molecule has 1 atom stereocenters. The molecule has 9 heteroatoms. The normalized spacial score (nSPS) is 12.0. The molecule has 1 unspecified atom stereocenters. The quantitative estimate of drug-likeness (QED) is 0.447. The molecule has 2 N–H and O–H groups in total. The van der Waals surface area contributed by atoms with Gasteiger partial charge in [0.1, 0.15) is 23.4 Å². The molecule has 0 aromatic heterocycles. The molecule has 0 spiro atoms. The van der Waals surface area contributed by atoms with E-state index in [-0.39, 0.29) is 11.5 Å². The number of benzene rings is 2. The summed E-state index contributed by atoms with van der Waals surface area (Å²) >= 11 is 3.39. The highest BCUT2D eigenvalue weighted by molar-refractivity contribution is 9.10. The van der Waals surface area contributed by atoms with Gasteiger partial charge in [0.25, 0.3) is 11.8 Å². The lowest BCUT2D eigenvalue weighted by atomic mass is 10.0. The Morgan fingerprint density at radius 3 is 2.30 bits per heavy atom. The monoisotopic (exact) mass is 479 g/mol. The first kappa shape index (κ1) is 23.3. The fraction of sp³-hybridized carbons (Fsp3) is 0.286.